The Balaban J connectivity index is 1.25. The fourth-order valence-corrected chi connectivity index (χ4v) is 4.60. The minimum absolute atomic E-state index is 0.300. The van der Waals surface area contributed by atoms with Crippen LogP contribution in [0.2, 0.25) is 0 Å². The van der Waals surface area contributed by atoms with Crippen LogP contribution in [-0.4, -0.2) is 18.1 Å². The molecule has 2 aliphatic rings. The second kappa shape index (κ2) is 7.75. The van der Waals surface area contributed by atoms with Crippen molar-refractivity contribution in [3.05, 3.63) is 83.4 Å². The van der Waals surface area contributed by atoms with Gasteiger partial charge in [0.25, 0.3) is 0 Å². The van der Waals surface area contributed by atoms with Crippen molar-refractivity contribution in [1.82, 2.24) is 4.98 Å². The molecular formula is C25H25N3O. The van der Waals surface area contributed by atoms with E-state index in [2.05, 4.69) is 70.6 Å². The van der Waals surface area contributed by atoms with Crippen molar-refractivity contribution in [2.24, 2.45) is 5.92 Å². The van der Waals surface area contributed by atoms with Crippen LogP contribution < -0.4 is 4.90 Å². The van der Waals surface area contributed by atoms with E-state index in [0.29, 0.717) is 29.3 Å². The van der Waals surface area contributed by atoms with E-state index in [1.54, 1.807) is 0 Å². The topological polar surface area (TPSA) is 53.1 Å². The van der Waals surface area contributed by atoms with Crippen LogP contribution in [0.25, 0.3) is 0 Å². The van der Waals surface area contributed by atoms with E-state index in [9.17, 15) is 5.26 Å². The maximum absolute atomic E-state index is 9.60. The molecule has 146 valence electrons. The first-order valence-corrected chi connectivity index (χ1v) is 10.6. The summed E-state index contributed by atoms with van der Waals surface area (Å²) in [4.78, 5) is 6.78. The standard InChI is InChI=1S/C25H25N3O/c26-17-23-25(28-13-11-19(12-14-28)15-18-7-3-1-4-8-18)29-24(27-23)22-16-21(22)20-9-5-2-6-10-20/h1-10,19,21-22H,11-16H2/t21-,22+/m0/s1. The maximum Gasteiger partial charge on any atom is 0.234 e. The molecule has 0 bridgehead atoms. The fourth-order valence-electron chi connectivity index (χ4n) is 4.60. The largest absolute Gasteiger partial charge is 0.423 e. The second-order valence-electron chi connectivity index (χ2n) is 8.30. The van der Waals surface area contributed by atoms with Crippen molar-refractivity contribution in [3.8, 4) is 6.07 Å². The summed E-state index contributed by atoms with van der Waals surface area (Å²) in [5.41, 5.74) is 3.18. The molecule has 2 atom stereocenters. The predicted octanol–water partition coefficient (Wildman–Crippen LogP) is 5.28. The highest BCUT2D eigenvalue weighted by molar-refractivity contribution is 5.49. The molecule has 0 unspecified atom stereocenters. The lowest BCUT2D eigenvalue weighted by Crippen LogP contribution is -2.34. The summed E-state index contributed by atoms with van der Waals surface area (Å²) in [6.45, 7) is 1.85. The Morgan fingerprint density at radius 3 is 2.34 bits per heavy atom. The number of piperidine rings is 1. The molecule has 1 aromatic heterocycles. The SMILES string of the molecule is N#Cc1nc([C@@H]2C[C@H]2c2ccccc2)oc1N1CCC(Cc2ccccc2)CC1. The molecule has 4 nitrogen and oxygen atoms in total. The highest BCUT2D eigenvalue weighted by Gasteiger charge is 2.44. The molecule has 4 heteroatoms. The van der Waals surface area contributed by atoms with Gasteiger partial charge in [-0.15, -0.1) is 0 Å². The van der Waals surface area contributed by atoms with Crippen LogP contribution in [0, 0.1) is 17.2 Å². The van der Waals surface area contributed by atoms with E-state index in [1.807, 2.05) is 6.07 Å². The van der Waals surface area contributed by atoms with Gasteiger partial charge in [-0.3, -0.25) is 0 Å². The molecule has 3 aromatic rings. The van der Waals surface area contributed by atoms with Gasteiger partial charge in [-0.1, -0.05) is 60.7 Å². The molecule has 2 heterocycles. The van der Waals surface area contributed by atoms with E-state index < -0.39 is 0 Å². The van der Waals surface area contributed by atoms with Gasteiger partial charge < -0.3 is 9.32 Å². The molecule has 2 aromatic carbocycles. The molecule has 29 heavy (non-hydrogen) atoms. The van der Waals surface area contributed by atoms with Crippen LogP contribution in [0.3, 0.4) is 0 Å². The molecule has 1 aliphatic carbocycles. The molecule has 0 spiro atoms. The van der Waals surface area contributed by atoms with Crippen molar-refractivity contribution in [2.45, 2.75) is 37.5 Å². The molecule has 1 saturated carbocycles. The lowest BCUT2D eigenvalue weighted by molar-refractivity contribution is 0.383. The van der Waals surface area contributed by atoms with Crippen LogP contribution in [0.1, 0.15) is 53.8 Å². The normalized spacial score (nSPS) is 21.7. The zero-order valence-electron chi connectivity index (χ0n) is 16.5. The van der Waals surface area contributed by atoms with Crippen molar-refractivity contribution in [2.75, 3.05) is 18.0 Å². The highest BCUT2D eigenvalue weighted by atomic mass is 16.4. The van der Waals surface area contributed by atoms with Gasteiger partial charge in [0.1, 0.15) is 6.07 Å². The van der Waals surface area contributed by atoms with Crippen LogP contribution in [0.4, 0.5) is 5.88 Å². The van der Waals surface area contributed by atoms with E-state index in [4.69, 9.17) is 4.42 Å². The average Bonchev–Trinajstić information content (AvgIpc) is 3.47. The summed E-state index contributed by atoms with van der Waals surface area (Å²) in [5.74, 6) is 2.86. The van der Waals surface area contributed by atoms with Gasteiger partial charge in [0.05, 0.1) is 0 Å². The van der Waals surface area contributed by atoms with Gasteiger partial charge in [-0.25, -0.2) is 4.98 Å². The number of hydrogen-bond acceptors (Lipinski definition) is 4. The molecule has 2 fully saturated rings. The summed E-state index contributed by atoms with van der Waals surface area (Å²) < 4.78 is 6.17. The number of rotatable bonds is 5. The zero-order valence-corrected chi connectivity index (χ0v) is 16.5. The molecule has 5 rings (SSSR count). The number of aromatic nitrogens is 1. The number of hydrogen-bond donors (Lipinski definition) is 0. The smallest absolute Gasteiger partial charge is 0.234 e. The monoisotopic (exact) mass is 383 g/mol. The molecule has 1 aliphatic heterocycles. The number of nitrogens with zero attached hydrogens (tertiary/aromatic N) is 3. The second-order valence-corrected chi connectivity index (χ2v) is 8.30. The third-order valence-electron chi connectivity index (χ3n) is 6.34. The van der Waals surface area contributed by atoms with Crippen molar-refractivity contribution < 1.29 is 4.42 Å². The van der Waals surface area contributed by atoms with Gasteiger partial charge in [0, 0.05) is 19.0 Å². The van der Waals surface area contributed by atoms with E-state index in [-0.39, 0.29) is 0 Å². The van der Waals surface area contributed by atoms with Crippen LogP contribution >= 0.6 is 0 Å². The summed E-state index contributed by atoms with van der Waals surface area (Å²) in [7, 11) is 0. The minimum Gasteiger partial charge on any atom is -0.423 e. The molecule has 0 radical (unpaired) electrons. The molecule has 1 saturated heterocycles. The Hall–Kier alpha value is -3.06. The maximum atomic E-state index is 9.60. The van der Waals surface area contributed by atoms with E-state index >= 15 is 0 Å². The van der Waals surface area contributed by atoms with E-state index in [0.717, 1.165) is 44.7 Å². The van der Waals surface area contributed by atoms with Gasteiger partial charge in [-0.2, -0.15) is 5.26 Å². The first kappa shape index (κ1) is 18.0. The van der Waals surface area contributed by atoms with Gasteiger partial charge >= 0.3 is 0 Å². The van der Waals surface area contributed by atoms with Gasteiger partial charge in [0.2, 0.25) is 17.5 Å². The van der Waals surface area contributed by atoms with Gasteiger partial charge in [-0.05, 0) is 48.6 Å². The Kier molecular flexibility index (Phi) is 4.81. The first-order chi connectivity index (χ1) is 14.3. The number of anilines is 1. The Morgan fingerprint density at radius 1 is 0.966 bits per heavy atom. The quantitative estimate of drug-likeness (QED) is 0.602. The van der Waals surface area contributed by atoms with Crippen LogP contribution in [0.5, 0.6) is 0 Å². The Bertz CT molecular complexity index is 998. The first-order valence-electron chi connectivity index (χ1n) is 10.6. The number of nitriles is 1. The van der Waals surface area contributed by atoms with Crippen molar-refractivity contribution >= 4 is 5.88 Å². The Morgan fingerprint density at radius 2 is 1.66 bits per heavy atom. The van der Waals surface area contributed by atoms with Crippen LogP contribution in [-0.2, 0) is 6.42 Å². The molecule has 0 amide bonds. The summed E-state index contributed by atoms with van der Waals surface area (Å²) in [6.07, 6.45) is 4.41. The minimum atomic E-state index is 0.300. The fraction of sp³-hybridized carbons (Fsp3) is 0.360. The summed E-state index contributed by atoms with van der Waals surface area (Å²) in [5, 5.41) is 9.60. The van der Waals surface area contributed by atoms with Crippen molar-refractivity contribution in [3.63, 3.8) is 0 Å². The number of benzene rings is 2. The van der Waals surface area contributed by atoms with Crippen molar-refractivity contribution in [1.29, 1.82) is 5.26 Å². The lowest BCUT2D eigenvalue weighted by Gasteiger charge is -2.31. The highest BCUT2D eigenvalue weighted by Crippen LogP contribution is 2.54. The summed E-state index contributed by atoms with van der Waals surface area (Å²) in [6, 6.07) is 23.5. The van der Waals surface area contributed by atoms with Gasteiger partial charge in [0.15, 0.2) is 0 Å². The van der Waals surface area contributed by atoms with E-state index in [1.165, 1.54) is 11.1 Å². The lowest BCUT2D eigenvalue weighted by atomic mass is 9.90. The zero-order chi connectivity index (χ0) is 19.6. The Labute approximate surface area is 171 Å². The molecule has 0 N–H and O–H groups in total. The predicted molar refractivity (Wildman–Crippen MR) is 113 cm³/mol. The number of oxazole rings is 1. The molecular weight excluding hydrogens is 358 g/mol. The average molecular weight is 383 g/mol. The third-order valence-corrected chi connectivity index (χ3v) is 6.34. The summed E-state index contributed by atoms with van der Waals surface area (Å²) >= 11 is 0. The third kappa shape index (κ3) is 3.78. The van der Waals surface area contributed by atoms with Crippen LogP contribution in [0.15, 0.2) is 65.1 Å².